The maximum Gasteiger partial charge on any atom is 0.0890 e. The summed E-state index contributed by atoms with van der Waals surface area (Å²) in [5.74, 6) is 2.78. The molecular formula is C25H26N2. The average molecular weight is 354 g/mol. The molecular weight excluding hydrogens is 328 g/mol. The van der Waals surface area contributed by atoms with Gasteiger partial charge in [-0.25, -0.2) is 9.97 Å². The highest BCUT2D eigenvalue weighted by Crippen LogP contribution is 2.60. The van der Waals surface area contributed by atoms with Gasteiger partial charge >= 0.3 is 0 Å². The molecule has 4 bridgehead atoms. The summed E-state index contributed by atoms with van der Waals surface area (Å²) in [6.45, 7) is 0. The first kappa shape index (κ1) is 15.8. The highest BCUT2D eigenvalue weighted by Gasteiger charge is 2.53. The monoisotopic (exact) mass is 354 g/mol. The standard InChI is InChI=1S/C25H26N2/c1-2-6-17(7-3-1)13-23-24(27-22-9-5-4-8-21(22)26-23)25-14-18-10-19(15-25)12-20(11-18)16-25/h1-9,18-20H,10-16H2. The molecule has 0 atom stereocenters. The second kappa shape index (κ2) is 5.89. The van der Waals surface area contributed by atoms with E-state index in [2.05, 4.69) is 54.6 Å². The van der Waals surface area contributed by atoms with E-state index in [0.717, 1.165) is 35.2 Å². The van der Waals surface area contributed by atoms with Gasteiger partial charge in [-0.1, -0.05) is 42.5 Å². The fourth-order valence-corrected chi connectivity index (χ4v) is 6.77. The Morgan fingerprint density at radius 2 is 1.26 bits per heavy atom. The maximum absolute atomic E-state index is 5.30. The van der Waals surface area contributed by atoms with Crippen molar-refractivity contribution in [3.63, 3.8) is 0 Å². The Morgan fingerprint density at radius 1 is 0.704 bits per heavy atom. The molecule has 0 unspecified atom stereocenters. The molecule has 1 aromatic heterocycles. The third-order valence-electron chi connectivity index (χ3n) is 7.40. The zero-order valence-electron chi connectivity index (χ0n) is 15.8. The van der Waals surface area contributed by atoms with Crippen LogP contribution in [0.4, 0.5) is 0 Å². The molecule has 4 saturated carbocycles. The first-order valence-electron chi connectivity index (χ1n) is 10.6. The minimum atomic E-state index is 0.288. The SMILES string of the molecule is c1ccc(Cc2nc3ccccc3nc2C23CC4CC(CC(C4)C2)C3)cc1. The lowest BCUT2D eigenvalue weighted by molar-refractivity contribution is -0.00762. The lowest BCUT2D eigenvalue weighted by atomic mass is 9.48. The van der Waals surface area contributed by atoms with Crippen LogP contribution in [0.5, 0.6) is 0 Å². The van der Waals surface area contributed by atoms with E-state index >= 15 is 0 Å². The lowest BCUT2D eigenvalue weighted by Gasteiger charge is -2.56. The maximum atomic E-state index is 5.30. The summed E-state index contributed by atoms with van der Waals surface area (Å²) >= 11 is 0. The van der Waals surface area contributed by atoms with Gasteiger partial charge in [0.1, 0.15) is 0 Å². The number of benzene rings is 2. The third-order valence-corrected chi connectivity index (χ3v) is 7.40. The fraction of sp³-hybridized carbons (Fsp3) is 0.440. The number of nitrogens with zero attached hydrogens (tertiary/aromatic N) is 2. The van der Waals surface area contributed by atoms with Gasteiger partial charge in [-0.2, -0.15) is 0 Å². The fourth-order valence-electron chi connectivity index (χ4n) is 6.77. The van der Waals surface area contributed by atoms with Crippen LogP contribution in [0, 0.1) is 17.8 Å². The highest BCUT2D eigenvalue weighted by molar-refractivity contribution is 5.74. The van der Waals surface area contributed by atoms with Crippen LogP contribution in [-0.2, 0) is 11.8 Å². The van der Waals surface area contributed by atoms with E-state index in [0.29, 0.717) is 0 Å². The quantitative estimate of drug-likeness (QED) is 0.604. The van der Waals surface area contributed by atoms with E-state index in [1.54, 1.807) is 0 Å². The van der Waals surface area contributed by atoms with Gasteiger partial charge in [0.05, 0.1) is 22.4 Å². The predicted octanol–water partition coefficient (Wildman–Crippen LogP) is 5.69. The normalized spacial score (nSPS) is 31.5. The van der Waals surface area contributed by atoms with Crippen molar-refractivity contribution in [3.8, 4) is 0 Å². The number of hydrogen-bond donors (Lipinski definition) is 0. The number of rotatable bonds is 3. The number of hydrogen-bond acceptors (Lipinski definition) is 2. The van der Waals surface area contributed by atoms with Gasteiger partial charge in [0.2, 0.25) is 0 Å². The van der Waals surface area contributed by atoms with Crippen LogP contribution < -0.4 is 0 Å². The largest absolute Gasteiger partial charge is 0.249 e. The molecule has 0 saturated heterocycles. The molecule has 4 aliphatic carbocycles. The Morgan fingerprint density at radius 3 is 1.89 bits per heavy atom. The number of fused-ring (bicyclic) bond motifs is 1. The Bertz CT molecular complexity index is 956. The van der Waals surface area contributed by atoms with E-state index in [-0.39, 0.29) is 5.41 Å². The molecule has 4 aliphatic rings. The van der Waals surface area contributed by atoms with Crippen LogP contribution in [0.1, 0.15) is 55.5 Å². The van der Waals surface area contributed by atoms with Crippen molar-refractivity contribution < 1.29 is 0 Å². The van der Waals surface area contributed by atoms with Gasteiger partial charge in [0.25, 0.3) is 0 Å². The van der Waals surface area contributed by atoms with Crippen molar-refractivity contribution in [2.45, 2.75) is 50.4 Å². The van der Waals surface area contributed by atoms with Crippen molar-refractivity contribution in [2.75, 3.05) is 0 Å². The van der Waals surface area contributed by atoms with Crippen LogP contribution in [0.15, 0.2) is 54.6 Å². The van der Waals surface area contributed by atoms with E-state index < -0.39 is 0 Å². The summed E-state index contributed by atoms with van der Waals surface area (Å²) in [5.41, 5.74) is 6.30. The van der Waals surface area contributed by atoms with Crippen LogP contribution in [0.2, 0.25) is 0 Å². The molecule has 3 aromatic rings. The van der Waals surface area contributed by atoms with E-state index in [1.807, 2.05) is 0 Å². The highest BCUT2D eigenvalue weighted by atomic mass is 14.9. The van der Waals surface area contributed by atoms with Crippen molar-refractivity contribution in [3.05, 3.63) is 71.5 Å². The van der Waals surface area contributed by atoms with Crippen molar-refractivity contribution >= 4 is 11.0 Å². The van der Waals surface area contributed by atoms with Crippen molar-refractivity contribution in [1.29, 1.82) is 0 Å². The van der Waals surface area contributed by atoms with E-state index in [4.69, 9.17) is 9.97 Å². The van der Waals surface area contributed by atoms with Gasteiger partial charge < -0.3 is 0 Å². The topological polar surface area (TPSA) is 25.8 Å². The summed E-state index contributed by atoms with van der Waals surface area (Å²) in [6.07, 6.45) is 9.32. The van der Waals surface area contributed by atoms with Crippen molar-refractivity contribution in [1.82, 2.24) is 9.97 Å². The molecule has 0 amide bonds. The zero-order chi connectivity index (χ0) is 17.8. The Kier molecular flexibility index (Phi) is 3.45. The van der Waals surface area contributed by atoms with Gasteiger partial charge in [-0.3, -0.25) is 0 Å². The van der Waals surface area contributed by atoms with Crippen LogP contribution >= 0.6 is 0 Å². The van der Waals surface area contributed by atoms with Crippen LogP contribution in [-0.4, -0.2) is 9.97 Å². The first-order valence-corrected chi connectivity index (χ1v) is 10.6. The van der Waals surface area contributed by atoms with Gasteiger partial charge in [-0.15, -0.1) is 0 Å². The molecule has 0 spiro atoms. The lowest BCUT2D eigenvalue weighted by Crippen LogP contribution is -2.49. The number of aromatic nitrogens is 2. The predicted molar refractivity (Wildman–Crippen MR) is 109 cm³/mol. The molecule has 0 aliphatic heterocycles. The third kappa shape index (κ3) is 2.61. The molecule has 0 radical (unpaired) electrons. The molecule has 136 valence electrons. The summed E-state index contributed by atoms with van der Waals surface area (Å²) in [7, 11) is 0. The molecule has 2 heteroatoms. The smallest absolute Gasteiger partial charge is 0.0890 e. The average Bonchev–Trinajstić information content (AvgIpc) is 2.67. The Labute approximate surface area is 161 Å². The molecule has 2 nitrogen and oxygen atoms in total. The Hall–Kier alpha value is -2.22. The van der Waals surface area contributed by atoms with Crippen LogP contribution in [0.3, 0.4) is 0 Å². The molecule has 27 heavy (non-hydrogen) atoms. The molecule has 0 N–H and O–H groups in total. The molecule has 1 heterocycles. The van der Waals surface area contributed by atoms with Gasteiger partial charge in [-0.05, 0) is 74.0 Å². The minimum absolute atomic E-state index is 0.288. The van der Waals surface area contributed by atoms with E-state index in [9.17, 15) is 0 Å². The second-order valence-corrected chi connectivity index (χ2v) is 9.37. The van der Waals surface area contributed by atoms with Gasteiger partial charge in [0, 0.05) is 11.8 Å². The van der Waals surface area contributed by atoms with Crippen molar-refractivity contribution in [2.24, 2.45) is 17.8 Å². The molecule has 4 fully saturated rings. The summed E-state index contributed by atoms with van der Waals surface area (Å²) in [4.78, 5) is 10.5. The molecule has 7 rings (SSSR count). The Balaban J connectivity index is 1.51. The summed E-state index contributed by atoms with van der Waals surface area (Å²) < 4.78 is 0. The summed E-state index contributed by atoms with van der Waals surface area (Å²) in [5, 5.41) is 0. The molecule has 2 aromatic carbocycles. The van der Waals surface area contributed by atoms with E-state index in [1.165, 1.54) is 55.5 Å². The zero-order valence-corrected chi connectivity index (χ0v) is 15.8. The van der Waals surface area contributed by atoms with Gasteiger partial charge in [0.15, 0.2) is 0 Å². The second-order valence-electron chi connectivity index (χ2n) is 9.37. The van der Waals surface area contributed by atoms with Crippen LogP contribution in [0.25, 0.3) is 11.0 Å². The number of para-hydroxylation sites is 2. The summed E-state index contributed by atoms with van der Waals surface area (Å²) in [6, 6.07) is 19.2. The first-order chi connectivity index (χ1) is 13.3. The minimum Gasteiger partial charge on any atom is -0.249 e.